The predicted octanol–water partition coefficient (Wildman–Crippen LogP) is 5.92. The summed E-state index contributed by atoms with van der Waals surface area (Å²) < 4.78 is 11.0. The lowest BCUT2D eigenvalue weighted by molar-refractivity contribution is -0.123. The Morgan fingerprint density at radius 3 is 2.23 bits per heavy atom. The summed E-state index contributed by atoms with van der Waals surface area (Å²) in [6.45, 7) is 5.20. The molecule has 5 rings (SSSR count). The molecule has 39 heavy (non-hydrogen) atoms. The van der Waals surface area contributed by atoms with E-state index in [4.69, 9.17) is 9.26 Å². The molecule has 1 aliphatic heterocycles. The second kappa shape index (κ2) is 11.7. The van der Waals surface area contributed by atoms with Gasteiger partial charge in [0.2, 0.25) is 5.91 Å². The molecule has 0 spiro atoms. The van der Waals surface area contributed by atoms with E-state index in [0.29, 0.717) is 29.4 Å². The molecule has 0 saturated carbocycles. The number of urea groups is 1. The highest BCUT2D eigenvalue weighted by Crippen LogP contribution is 2.25. The zero-order chi connectivity index (χ0) is 27.2. The van der Waals surface area contributed by atoms with Crippen LogP contribution < -0.4 is 25.6 Å². The maximum absolute atomic E-state index is 12.7. The molecular weight excluding hydrogens is 494 g/mol. The third-order valence-electron chi connectivity index (χ3n) is 6.58. The summed E-state index contributed by atoms with van der Waals surface area (Å²) in [4.78, 5) is 27.4. The van der Waals surface area contributed by atoms with Gasteiger partial charge in [0, 0.05) is 42.3 Å². The third-order valence-corrected chi connectivity index (χ3v) is 6.58. The highest BCUT2D eigenvalue weighted by atomic mass is 16.5. The molecule has 3 amide bonds. The molecular formula is C30H31N5O4. The number of carbonyl (C=O) groups excluding carboxylic acids is 2. The van der Waals surface area contributed by atoms with Gasteiger partial charge in [0.05, 0.1) is 11.6 Å². The molecule has 9 nitrogen and oxygen atoms in total. The van der Waals surface area contributed by atoms with Crippen LogP contribution in [-0.4, -0.2) is 36.2 Å². The van der Waals surface area contributed by atoms with E-state index in [1.54, 1.807) is 30.3 Å². The number of aryl methyl sites for hydroxylation is 1. The summed E-state index contributed by atoms with van der Waals surface area (Å²) in [5, 5.41) is 12.7. The van der Waals surface area contributed by atoms with Crippen LogP contribution in [0.1, 0.15) is 30.7 Å². The number of amides is 3. The fourth-order valence-corrected chi connectivity index (χ4v) is 4.44. The van der Waals surface area contributed by atoms with Gasteiger partial charge in [0.15, 0.2) is 0 Å². The Kier molecular flexibility index (Phi) is 7.77. The summed E-state index contributed by atoms with van der Waals surface area (Å²) in [5.74, 6) is 1.55. The molecule has 3 N–H and O–H groups in total. The molecule has 2 unspecified atom stereocenters. The van der Waals surface area contributed by atoms with E-state index in [1.165, 1.54) is 0 Å². The quantitative estimate of drug-likeness (QED) is 0.264. The van der Waals surface area contributed by atoms with Crippen molar-refractivity contribution >= 4 is 29.0 Å². The molecule has 1 saturated heterocycles. The molecule has 2 atom stereocenters. The van der Waals surface area contributed by atoms with E-state index in [1.807, 2.05) is 68.4 Å². The van der Waals surface area contributed by atoms with Crippen molar-refractivity contribution in [1.29, 1.82) is 0 Å². The Morgan fingerprint density at radius 2 is 1.59 bits per heavy atom. The van der Waals surface area contributed by atoms with Gasteiger partial charge in [0.1, 0.15) is 17.3 Å². The fraction of sp³-hybridized carbons (Fsp3) is 0.233. The van der Waals surface area contributed by atoms with Crippen molar-refractivity contribution < 1.29 is 18.8 Å². The Labute approximate surface area is 227 Å². The predicted molar refractivity (Wildman–Crippen MR) is 150 cm³/mol. The number of para-hydroxylation sites is 1. The van der Waals surface area contributed by atoms with Crippen molar-refractivity contribution in [2.45, 2.75) is 32.2 Å². The largest absolute Gasteiger partial charge is 0.457 e. The van der Waals surface area contributed by atoms with Gasteiger partial charge in [-0.2, -0.15) is 0 Å². The van der Waals surface area contributed by atoms with Crippen LogP contribution in [-0.2, 0) is 4.79 Å². The zero-order valence-electron chi connectivity index (χ0n) is 21.9. The minimum Gasteiger partial charge on any atom is -0.457 e. The molecule has 1 aromatic heterocycles. The lowest BCUT2D eigenvalue weighted by Crippen LogP contribution is -2.39. The minimum atomic E-state index is -0.391. The number of hydrogen-bond donors (Lipinski definition) is 3. The van der Waals surface area contributed by atoms with Crippen LogP contribution in [0.15, 0.2) is 89.5 Å². The SMILES string of the molecule is Cc1cc(C(C)C(=O)NC2CCN(c3ccc(NC(=O)Nc4ccc(Oc5ccccc5)cc4)cc3)C2)on1. The van der Waals surface area contributed by atoms with Crippen molar-refractivity contribution in [1.82, 2.24) is 10.5 Å². The second-order valence-electron chi connectivity index (χ2n) is 9.60. The first-order chi connectivity index (χ1) is 18.9. The van der Waals surface area contributed by atoms with E-state index in [2.05, 4.69) is 26.0 Å². The van der Waals surface area contributed by atoms with Gasteiger partial charge in [-0.25, -0.2) is 4.79 Å². The lowest BCUT2D eigenvalue weighted by Gasteiger charge is -2.20. The standard InChI is InChI=1S/C30H31N5O4/c1-20-18-28(39-34-20)21(2)29(36)31-24-16-17-35(19-24)25-12-8-22(9-13-25)32-30(37)33-23-10-14-27(15-11-23)38-26-6-4-3-5-7-26/h3-15,18,21,24H,16-17,19H2,1-2H3,(H,31,36)(H2,32,33,37). The average Bonchev–Trinajstić information content (AvgIpc) is 3.59. The van der Waals surface area contributed by atoms with Gasteiger partial charge in [-0.05, 0) is 80.9 Å². The van der Waals surface area contributed by atoms with Crippen molar-refractivity contribution in [2.75, 3.05) is 28.6 Å². The number of rotatable bonds is 8. The molecule has 2 heterocycles. The number of carbonyl (C=O) groups is 2. The van der Waals surface area contributed by atoms with Gasteiger partial charge in [-0.3, -0.25) is 4.79 Å². The topological polar surface area (TPSA) is 109 Å². The fourth-order valence-electron chi connectivity index (χ4n) is 4.44. The van der Waals surface area contributed by atoms with Crippen LogP contribution in [0, 0.1) is 6.92 Å². The molecule has 200 valence electrons. The smallest absolute Gasteiger partial charge is 0.323 e. The maximum Gasteiger partial charge on any atom is 0.323 e. The normalized spacial score (nSPS) is 15.4. The lowest BCUT2D eigenvalue weighted by atomic mass is 10.1. The van der Waals surface area contributed by atoms with E-state index in [0.717, 1.165) is 30.1 Å². The van der Waals surface area contributed by atoms with Crippen LogP contribution >= 0.6 is 0 Å². The molecule has 3 aromatic carbocycles. The van der Waals surface area contributed by atoms with Crippen LogP contribution in [0.2, 0.25) is 0 Å². The Balaban J connectivity index is 1.08. The average molecular weight is 526 g/mol. The highest BCUT2D eigenvalue weighted by molar-refractivity contribution is 5.99. The Bertz CT molecular complexity index is 1400. The number of aromatic nitrogens is 1. The maximum atomic E-state index is 12.7. The first kappa shape index (κ1) is 25.8. The van der Waals surface area contributed by atoms with Crippen LogP contribution in [0.5, 0.6) is 11.5 Å². The number of benzene rings is 3. The number of hydrogen-bond acceptors (Lipinski definition) is 6. The molecule has 9 heteroatoms. The van der Waals surface area contributed by atoms with E-state index in [9.17, 15) is 9.59 Å². The summed E-state index contributed by atoms with van der Waals surface area (Å²) in [7, 11) is 0. The molecule has 1 aliphatic rings. The molecule has 0 bridgehead atoms. The minimum absolute atomic E-state index is 0.0528. The first-order valence-corrected chi connectivity index (χ1v) is 12.9. The second-order valence-corrected chi connectivity index (χ2v) is 9.60. The zero-order valence-corrected chi connectivity index (χ0v) is 21.9. The van der Waals surface area contributed by atoms with Crippen molar-refractivity contribution in [2.24, 2.45) is 0 Å². The van der Waals surface area contributed by atoms with Gasteiger partial charge in [-0.1, -0.05) is 23.4 Å². The van der Waals surface area contributed by atoms with Crippen LogP contribution in [0.3, 0.4) is 0 Å². The van der Waals surface area contributed by atoms with E-state index >= 15 is 0 Å². The highest BCUT2D eigenvalue weighted by Gasteiger charge is 2.27. The number of nitrogens with one attached hydrogen (secondary N) is 3. The van der Waals surface area contributed by atoms with Gasteiger partial charge in [0.25, 0.3) is 0 Å². The number of nitrogens with zero attached hydrogens (tertiary/aromatic N) is 2. The van der Waals surface area contributed by atoms with E-state index in [-0.39, 0.29) is 18.0 Å². The number of anilines is 3. The molecule has 0 radical (unpaired) electrons. The van der Waals surface area contributed by atoms with Gasteiger partial charge < -0.3 is 30.1 Å². The van der Waals surface area contributed by atoms with Crippen LogP contribution in [0.4, 0.5) is 21.9 Å². The molecule has 4 aromatic rings. The molecule has 0 aliphatic carbocycles. The third kappa shape index (κ3) is 6.75. The van der Waals surface area contributed by atoms with Crippen molar-refractivity contribution in [3.05, 3.63) is 96.4 Å². The van der Waals surface area contributed by atoms with E-state index < -0.39 is 5.92 Å². The van der Waals surface area contributed by atoms with Crippen molar-refractivity contribution in [3.8, 4) is 11.5 Å². The summed E-state index contributed by atoms with van der Waals surface area (Å²) in [5.41, 5.74) is 3.13. The number of ether oxygens (including phenoxy) is 1. The van der Waals surface area contributed by atoms with Gasteiger partial charge >= 0.3 is 6.03 Å². The summed E-state index contributed by atoms with van der Waals surface area (Å²) >= 11 is 0. The van der Waals surface area contributed by atoms with Crippen molar-refractivity contribution in [3.63, 3.8) is 0 Å². The Morgan fingerprint density at radius 1 is 0.949 bits per heavy atom. The summed E-state index contributed by atoms with van der Waals surface area (Å²) in [6.07, 6.45) is 0.853. The summed E-state index contributed by atoms with van der Waals surface area (Å²) in [6, 6.07) is 25.9. The van der Waals surface area contributed by atoms with Crippen LogP contribution in [0.25, 0.3) is 0 Å². The van der Waals surface area contributed by atoms with Gasteiger partial charge in [-0.15, -0.1) is 0 Å². The first-order valence-electron chi connectivity index (χ1n) is 12.9. The Hall–Kier alpha value is -4.79. The molecule has 1 fully saturated rings. The monoisotopic (exact) mass is 525 g/mol.